The highest BCUT2D eigenvalue weighted by molar-refractivity contribution is 7.08. The fourth-order valence-electron chi connectivity index (χ4n) is 4.76. The summed E-state index contributed by atoms with van der Waals surface area (Å²) >= 11 is 1.68. The summed E-state index contributed by atoms with van der Waals surface area (Å²) in [5, 5.41) is 15.1. The van der Waals surface area contributed by atoms with Gasteiger partial charge in [0.05, 0.1) is 11.8 Å². The van der Waals surface area contributed by atoms with Gasteiger partial charge in [0.2, 0.25) is 0 Å². The molecule has 3 aromatic carbocycles. The minimum absolute atomic E-state index is 0.605. The van der Waals surface area contributed by atoms with Gasteiger partial charge in [-0.1, -0.05) is 97.9 Å². The second-order valence-electron chi connectivity index (χ2n) is 8.56. The third-order valence-corrected chi connectivity index (χ3v) is 7.35. The Labute approximate surface area is 205 Å². The molecule has 0 aliphatic heterocycles. The fraction of sp³-hybridized carbons (Fsp3) is 0.167. The summed E-state index contributed by atoms with van der Waals surface area (Å²) in [5.41, 5.74) is 5.69. The Morgan fingerprint density at radius 1 is 0.824 bits per heavy atom. The van der Waals surface area contributed by atoms with E-state index in [1.54, 1.807) is 11.3 Å². The maximum atomic E-state index is 10.8. The van der Waals surface area contributed by atoms with Crippen LogP contribution in [0.25, 0.3) is 11.4 Å². The molecule has 4 heteroatoms. The molecule has 0 aliphatic rings. The van der Waals surface area contributed by atoms with E-state index in [9.17, 15) is 5.11 Å². The van der Waals surface area contributed by atoms with Crippen LogP contribution in [0.1, 0.15) is 47.4 Å². The maximum Gasteiger partial charge on any atom is 0.142 e. The van der Waals surface area contributed by atoms with E-state index >= 15 is 0 Å². The normalized spacial score (nSPS) is 12.6. The van der Waals surface area contributed by atoms with Gasteiger partial charge in [-0.25, -0.2) is 4.98 Å². The zero-order valence-corrected chi connectivity index (χ0v) is 20.2. The van der Waals surface area contributed by atoms with E-state index in [1.807, 2.05) is 31.3 Å². The van der Waals surface area contributed by atoms with E-state index in [1.165, 1.54) is 5.56 Å². The van der Waals surface area contributed by atoms with Gasteiger partial charge in [0.15, 0.2) is 0 Å². The first kappa shape index (κ1) is 22.3. The van der Waals surface area contributed by atoms with Gasteiger partial charge in [-0.3, -0.25) is 0 Å². The van der Waals surface area contributed by atoms with E-state index in [0.717, 1.165) is 28.1 Å². The summed E-state index contributed by atoms with van der Waals surface area (Å²) in [6.45, 7) is 4.11. The van der Waals surface area contributed by atoms with Crippen molar-refractivity contribution in [2.75, 3.05) is 0 Å². The van der Waals surface area contributed by atoms with Gasteiger partial charge >= 0.3 is 0 Å². The second kappa shape index (κ2) is 9.41. The summed E-state index contributed by atoms with van der Waals surface area (Å²) in [6, 6.07) is 31.8. The van der Waals surface area contributed by atoms with Gasteiger partial charge in [0.1, 0.15) is 11.4 Å². The number of hydrogen-bond donors (Lipinski definition) is 1. The first-order chi connectivity index (χ1) is 16.7. The van der Waals surface area contributed by atoms with Crippen LogP contribution in [0.4, 0.5) is 0 Å². The summed E-state index contributed by atoms with van der Waals surface area (Å²) in [4.78, 5) is 5.05. The van der Waals surface area contributed by atoms with E-state index < -0.39 is 11.6 Å². The summed E-state index contributed by atoms with van der Waals surface area (Å²) in [5.74, 6) is 0.859. The zero-order valence-electron chi connectivity index (χ0n) is 19.4. The second-order valence-corrected chi connectivity index (χ2v) is 9.30. The lowest BCUT2D eigenvalue weighted by Gasteiger charge is -2.38. The van der Waals surface area contributed by atoms with Crippen LogP contribution < -0.4 is 0 Å². The Kier molecular flexibility index (Phi) is 6.18. The third kappa shape index (κ3) is 3.69. The van der Waals surface area contributed by atoms with Crippen molar-refractivity contribution in [3.63, 3.8) is 0 Å². The number of aryl methyl sites for hydroxylation is 1. The van der Waals surface area contributed by atoms with Crippen molar-refractivity contribution in [2.24, 2.45) is 0 Å². The Morgan fingerprint density at radius 2 is 1.32 bits per heavy atom. The molecule has 1 atom stereocenters. The first-order valence-electron chi connectivity index (χ1n) is 11.6. The molecule has 0 bridgehead atoms. The van der Waals surface area contributed by atoms with Crippen LogP contribution >= 0.6 is 11.3 Å². The van der Waals surface area contributed by atoms with Gasteiger partial charge < -0.3 is 9.67 Å². The standard InChI is InChI=1S/C30H28N2OS/c1-3-28(33)27-19-32(29(31-27)26-21-34-20-22(26)2)30(23-13-7-4-8-14-23,24-15-9-5-10-16-24)25-17-11-6-12-18-25/h4-21,28,33H,3H2,1-2H3. The average Bonchev–Trinajstić information content (AvgIpc) is 3.52. The van der Waals surface area contributed by atoms with Crippen molar-refractivity contribution >= 4 is 11.3 Å². The highest BCUT2D eigenvalue weighted by atomic mass is 32.1. The molecular weight excluding hydrogens is 436 g/mol. The van der Waals surface area contributed by atoms with Crippen LogP contribution in [-0.4, -0.2) is 14.7 Å². The Morgan fingerprint density at radius 3 is 1.74 bits per heavy atom. The van der Waals surface area contributed by atoms with Crippen LogP contribution in [0.5, 0.6) is 0 Å². The summed E-state index contributed by atoms with van der Waals surface area (Å²) < 4.78 is 2.27. The fourth-order valence-corrected chi connectivity index (χ4v) is 5.59. The first-order valence-corrected chi connectivity index (χ1v) is 12.6. The largest absolute Gasteiger partial charge is 0.387 e. The van der Waals surface area contributed by atoms with Crippen LogP contribution in [0.2, 0.25) is 0 Å². The molecule has 1 N–H and O–H groups in total. The average molecular weight is 465 g/mol. The van der Waals surface area contributed by atoms with Crippen molar-refractivity contribution in [2.45, 2.75) is 31.9 Å². The van der Waals surface area contributed by atoms with E-state index in [-0.39, 0.29) is 0 Å². The molecule has 34 heavy (non-hydrogen) atoms. The van der Waals surface area contributed by atoms with Gasteiger partial charge in [-0.2, -0.15) is 11.3 Å². The third-order valence-electron chi connectivity index (χ3n) is 6.49. The molecule has 0 saturated carbocycles. The van der Waals surface area contributed by atoms with Crippen LogP contribution in [0, 0.1) is 6.92 Å². The molecule has 0 radical (unpaired) electrons. The van der Waals surface area contributed by atoms with Crippen molar-refractivity contribution in [3.05, 3.63) is 136 Å². The summed E-state index contributed by atoms with van der Waals surface area (Å²) in [6.07, 6.45) is 2.03. The molecule has 2 heterocycles. The lowest BCUT2D eigenvalue weighted by atomic mass is 9.76. The van der Waals surface area contributed by atoms with Gasteiger partial charge in [0.25, 0.3) is 0 Å². The molecule has 0 aliphatic carbocycles. The highest BCUT2D eigenvalue weighted by Gasteiger charge is 2.41. The zero-order chi connectivity index (χ0) is 23.5. The Bertz CT molecular complexity index is 1260. The number of nitrogens with zero attached hydrogens (tertiary/aromatic N) is 2. The molecule has 5 aromatic rings. The monoisotopic (exact) mass is 464 g/mol. The molecular formula is C30H28N2OS. The number of thiophene rings is 1. The molecule has 2 aromatic heterocycles. The minimum Gasteiger partial charge on any atom is -0.387 e. The van der Waals surface area contributed by atoms with Crippen LogP contribution in [0.15, 0.2) is 108 Å². The number of aliphatic hydroxyl groups is 1. The van der Waals surface area contributed by atoms with Gasteiger partial charge in [-0.15, -0.1) is 0 Å². The van der Waals surface area contributed by atoms with E-state index in [4.69, 9.17) is 4.98 Å². The smallest absolute Gasteiger partial charge is 0.142 e. The molecule has 170 valence electrons. The SMILES string of the molecule is CCC(O)c1cn(C(c2ccccc2)(c2ccccc2)c2ccccc2)c(-c2cscc2C)n1. The Balaban J connectivity index is 1.95. The molecule has 1 unspecified atom stereocenters. The van der Waals surface area contributed by atoms with E-state index in [2.05, 4.69) is 95.0 Å². The molecule has 0 saturated heterocycles. The molecule has 0 fully saturated rings. The topological polar surface area (TPSA) is 38.0 Å². The predicted molar refractivity (Wildman–Crippen MR) is 140 cm³/mol. The summed E-state index contributed by atoms with van der Waals surface area (Å²) in [7, 11) is 0. The number of imidazole rings is 1. The number of aliphatic hydroxyl groups excluding tert-OH is 1. The number of hydrogen-bond acceptors (Lipinski definition) is 3. The number of aromatic nitrogens is 2. The van der Waals surface area contributed by atoms with Crippen molar-refractivity contribution in [1.82, 2.24) is 9.55 Å². The predicted octanol–water partition coefficient (Wildman–Crippen LogP) is 7.20. The van der Waals surface area contributed by atoms with E-state index in [0.29, 0.717) is 12.1 Å². The lowest BCUT2D eigenvalue weighted by molar-refractivity contribution is 0.169. The quantitative estimate of drug-likeness (QED) is 0.259. The van der Waals surface area contributed by atoms with Gasteiger partial charge in [-0.05, 0) is 41.0 Å². The molecule has 0 amide bonds. The van der Waals surface area contributed by atoms with Crippen molar-refractivity contribution in [1.29, 1.82) is 0 Å². The number of benzene rings is 3. The van der Waals surface area contributed by atoms with Crippen LogP contribution in [0.3, 0.4) is 0 Å². The highest BCUT2D eigenvalue weighted by Crippen LogP contribution is 2.44. The lowest BCUT2D eigenvalue weighted by Crippen LogP contribution is -2.38. The molecule has 3 nitrogen and oxygen atoms in total. The molecule has 5 rings (SSSR count). The maximum absolute atomic E-state index is 10.8. The molecule has 0 spiro atoms. The minimum atomic E-state index is -0.674. The van der Waals surface area contributed by atoms with Crippen LogP contribution in [-0.2, 0) is 5.54 Å². The van der Waals surface area contributed by atoms with Crippen molar-refractivity contribution < 1.29 is 5.11 Å². The number of rotatable bonds is 7. The van der Waals surface area contributed by atoms with Gasteiger partial charge in [0, 0.05) is 17.1 Å². The Hall–Kier alpha value is -3.47. The van der Waals surface area contributed by atoms with Crippen molar-refractivity contribution in [3.8, 4) is 11.4 Å².